The summed E-state index contributed by atoms with van der Waals surface area (Å²) in [5.41, 5.74) is 0.774. The average Bonchev–Trinajstić information content (AvgIpc) is 2.66. The lowest BCUT2D eigenvalue weighted by atomic mass is 10.2. The molecule has 1 N–H and O–H groups in total. The molecule has 0 atom stereocenters. The zero-order valence-electron chi connectivity index (χ0n) is 15.6. The Morgan fingerprint density at radius 2 is 1.71 bits per heavy atom. The second-order valence-corrected chi connectivity index (χ2v) is 8.65. The molecule has 1 amide bonds. The van der Waals surface area contributed by atoms with Gasteiger partial charge >= 0.3 is 0 Å². The number of hydrogen-bond acceptors (Lipinski definition) is 4. The van der Waals surface area contributed by atoms with Crippen molar-refractivity contribution < 1.29 is 17.9 Å². The number of amides is 1. The van der Waals surface area contributed by atoms with E-state index in [0.29, 0.717) is 28.9 Å². The molecule has 0 radical (unpaired) electrons. The van der Waals surface area contributed by atoms with Crippen molar-refractivity contribution >= 4 is 39.1 Å². The number of benzene rings is 2. The zero-order valence-corrected chi connectivity index (χ0v) is 17.9. The van der Waals surface area contributed by atoms with Gasteiger partial charge in [0.15, 0.2) is 6.61 Å². The number of halogens is 2. The Kier molecular flexibility index (Phi) is 8.12. The summed E-state index contributed by atoms with van der Waals surface area (Å²) in [5.74, 6) is 0.0398. The van der Waals surface area contributed by atoms with Crippen molar-refractivity contribution in [2.75, 3.05) is 19.7 Å². The van der Waals surface area contributed by atoms with E-state index in [1.165, 1.54) is 10.4 Å². The molecule has 0 unspecified atom stereocenters. The van der Waals surface area contributed by atoms with Crippen molar-refractivity contribution in [3.8, 4) is 5.75 Å². The van der Waals surface area contributed by atoms with Crippen molar-refractivity contribution in [3.63, 3.8) is 0 Å². The fourth-order valence-electron chi connectivity index (χ4n) is 2.48. The van der Waals surface area contributed by atoms with Gasteiger partial charge in [-0.25, -0.2) is 8.42 Å². The average molecular weight is 445 g/mol. The molecule has 0 aromatic heterocycles. The normalized spacial score (nSPS) is 11.5. The Hall–Kier alpha value is -1.80. The maximum Gasteiger partial charge on any atom is 0.258 e. The molecule has 152 valence electrons. The monoisotopic (exact) mass is 444 g/mol. The number of ether oxygens (including phenoxy) is 1. The summed E-state index contributed by atoms with van der Waals surface area (Å²) in [6.45, 7) is 4.47. The van der Waals surface area contributed by atoms with Crippen LogP contribution >= 0.6 is 23.2 Å². The molecule has 6 nitrogen and oxygen atoms in total. The van der Waals surface area contributed by atoms with E-state index in [4.69, 9.17) is 27.9 Å². The maximum atomic E-state index is 12.5. The molecular weight excluding hydrogens is 423 g/mol. The van der Waals surface area contributed by atoms with Gasteiger partial charge in [0.25, 0.3) is 5.91 Å². The van der Waals surface area contributed by atoms with E-state index in [1.807, 2.05) is 0 Å². The lowest BCUT2D eigenvalue weighted by molar-refractivity contribution is -0.123. The van der Waals surface area contributed by atoms with Gasteiger partial charge in [0.2, 0.25) is 10.0 Å². The van der Waals surface area contributed by atoms with E-state index in [0.717, 1.165) is 5.56 Å². The molecule has 2 aromatic rings. The molecule has 0 saturated carbocycles. The first-order chi connectivity index (χ1) is 13.3. The Morgan fingerprint density at radius 1 is 1.07 bits per heavy atom. The Labute approximate surface area is 175 Å². The highest BCUT2D eigenvalue weighted by Crippen LogP contribution is 2.27. The van der Waals surface area contributed by atoms with Gasteiger partial charge in [-0.15, -0.1) is 0 Å². The number of rotatable bonds is 9. The minimum atomic E-state index is -3.49. The molecular formula is C19H22Cl2N2O4S. The molecule has 0 aliphatic heterocycles. The van der Waals surface area contributed by atoms with Crippen LogP contribution in [-0.4, -0.2) is 38.3 Å². The van der Waals surface area contributed by atoms with Gasteiger partial charge in [0.1, 0.15) is 5.75 Å². The molecule has 0 aliphatic carbocycles. The predicted molar refractivity (Wildman–Crippen MR) is 110 cm³/mol. The van der Waals surface area contributed by atoms with Crippen molar-refractivity contribution in [2.45, 2.75) is 25.3 Å². The summed E-state index contributed by atoms with van der Waals surface area (Å²) < 4.78 is 31.7. The molecule has 0 bridgehead atoms. The van der Waals surface area contributed by atoms with Crippen LogP contribution in [0.2, 0.25) is 10.0 Å². The predicted octanol–water partition coefficient (Wildman–Crippen LogP) is 3.72. The number of hydrogen-bond donors (Lipinski definition) is 1. The van der Waals surface area contributed by atoms with Gasteiger partial charge in [-0.3, -0.25) is 4.79 Å². The van der Waals surface area contributed by atoms with Crippen LogP contribution in [0.4, 0.5) is 0 Å². The molecule has 0 aliphatic rings. The van der Waals surface area contributed by atoms with Crippen LogP contribution < -0.4 is 10.1 Å². The lowest BCUT2D eigenvalue weighted by Gasteiger charge is -2.18. The Bertz CT molecular complexity index is 914. The van der Waals surface area contributed by atoms with Crippen molar-refractivity contribution in [2.24, 2.45) is 0 Å². The minimum absolute atomic E-state index is 0.199. The maximum absolute atomic E-state index is 12.5. The van der Waals surface area contributed by atoms with E-state index in [9.17, 15) is 13.2 Å². The first-order valence-electron chi connectivity index (χ1n) is 8.71. The van der Waals surface area contributed by atoms with E-state index in [1.54, 1.807) is 50.2 Å². The van der Waals surface area contributed by atoms with Gasteiger partial charge < -0.3 is 10.1 Å². The largest absolute Gasteiger partial charge is 0.482 e. The number of nitrogens with zero attached hydrogens (tertiary/aromatic N) is 1. The summed E-state index contributed by atoms with van der Waals surface area (Å²) in [6, 6.07) is 11.2. The third-order valence-electron chi connectivity index (χ3n) is 4.01. The highest BCUT2D eigenvalue weighted by atomic mass is 35.5. The highest BCUT2D eigenvalue weighted by molar-refractivity contribution is 7.89. The van der Waals surface area contributed by atoms with Crippen LogP contribution in [0.1, 0.15) is 19.4 Å². The Balaban J connectivity index is 1.89. The van der Waals surface area contributed by atoms with Crippen molar-refractivity contribution in [1.29, 1.82) is 0 Å². The van der Waals surface area contributed by atoms with Crippen LogP contribution in [0.15, 0.2) is 47.4 Å². The van der Waals surface area contributed by atoms with Crippen molar-refractivity contribution in [1.82, 2.24) is 9.62 Å². The zero-order chi connectivity index (χ0) is 20.7. The number of carbonyl (C=O) groups excluding carboxylic acids is 1. The van der Waals surface area contributed by atoms with Gasteiger partial charge in [0, 0.05) is 24.7 Å². The van der Waals surface area contributed by atoms with Crippen LogP contribution in [0, 0.1) is 0 Å². The quantitative estimate of drug-likeness (QED) is 0.639. The van der Waals surface area contributed by atoms with E-state index >= 15 is 0 Å². The van der Waals surface area contributed by atoms with Crippen LogP contribution in [0.5, 0.6) is 5.75 Å². The second-order valence-electron chi connectivity index (χ2n) is 5.87. The third-order valence-corrected chi connectivity index (χ3v) is 6.60. The van der Waals surface area contributed by atoms with E-state index < -0.39 is 10.0 Å². The summed E-state index contributed by atoms with van der Waals surface area (Å²) >= 11 is 11.8. The first kappa shape index (κ1) is 22.5. The summed E-state index contributed by atoms with van der Waals surface area (Å²) in [6.07, 6.45) is 0. The molecule has 28 heavy (non-hydrogen) atoms. The van der Waals surface area contributed by atoms with Gasteiger partial charge in [0.05, 0.1) is 9.92 Å². The topological polar surface area (TPSA) is 75.7 Å². The molecule has 0 saturated heterocycles. The van der Waals surface area contributed by atoms with Crippen LogP contribution in [0.25, 0.3) is 0 Å². The van der Waals surface area contributed by atoms with Crippen molar-refractivity contribution in [3.05, 3.63) is 58.1 Å². The van der Waals surface area contributed by atoms with Crippen LogP contribution in [-0.2, 0) is 21.4 Å². The fraction of sp³-hybridized carbons (Fsp3) is 0.316. The van der Waals surface area contributed by atoms with Gasteiger partial charge in [-0.2, -0.15) is 4.31 Å². The molecule has 9 heteroatoms. The standard InChI is InChI=1S/C19H22Cl2N2O4S/c1-3-23(4-2)28(25,26)16-8-5-14(6-9-16)12-22-19(24)13-27-18-10-7-15(20)11-17(18)21/h5-11H,3-4,12-13H2,1-2H3,(H,22,24). The van der Waals surface area contributed by atoms with Gasteiger partial charge in [-0.05, 0) is 35.9 Å². The fourth-order valence-corrected chi connectivity index (χ4v) is 4.40. The number of nitrogens with one attached hydrogen (secondary N) is 1. The van der Waals surface area contributed by atoms with Crippen LogP contribution in [0.3, 0.4) is 0 Å². The SMILES string of the molecule is CCN(CC)S(=O)(=O)c1ccc(CNC(=O)COc2ccc(Cl)cc2Cl)cc1. The van der Waals surface area contributed by atoms with Gasteiger partial charge in [-0.1, -0.05) is 49.2 Å². The molecule has 0 heterocycles. The number of carbonyl (C=O) groups is 1. The van der Waals surface area contributed by atoms with E-state index in [2.05, 4.69) is 5.32 Å². The summed E-state index contributed by atoms with van der Waals surface area (Å²) in [4.78, 5) is 12.2. The molecule has 0 fully saturated rings. The second kappa shape index (κ2) is 10.1. The molecule has 2 aromatic carbocycles. The summed E-state index contributed by atoms with van der Waals surface area (Å²) in [5, 5.41) is 3.51. The number of sulfonamides is 1. The highest BCUT2D eigenvalue weighted by Gasteiger charge is 2.21. The third kappa shape index (κ3) is 5.85. The first-order valence-corrected chi connectivity index (χ1v) is 10.9. The lowest BCUT2D eigenvalue weighted by Crippen LogP contribution is -2.30. The Morgan fingerprint density at radius 3 is 2.29 bits per heavy atom. The minimum Gasteiger partial charge on any atom is -0.482 e. The summed E-state index contributed by atoms with van der Waals surface area (Å²) in [7, 11) is -3.49. The molecule has 0 spiro atoms. The smallest absolute Gasteiger partial charge is 0.258 e. The van der Waals surface area contributed by atoms with E-state index in [-0.39, 0.29) is 24.0 Å². The molecule has 2 rings (SSSR count).